The van der Waals surface area contributed by atoms with Crippen LogP contribution in [0, 0.1) is 0 Å². The van der Waals surface area contributed by atoms with Crippen LogP contribution in [0.3, 0.4) is 0 Å². The number of rotatable bonds is 8. The van der Waals surface area contributed by atoms with Crippen molar-refractivity contribution in [2.45, 2.75) is 19.8 Å². The molecule has 0 unspecified atom stereocenters. The summed E-state index contributed by atoms with van der Waals surface area (Å²) in [6.07, 6.45) is 2.63. The summed E-state index contributed by atoms with van der Waals surface area (Å²) in [5.74, 6) is 1.75. The summed E-state index contributed by atoms with van der Waals surface area (Å²) in [7, 11) is 0. The second-order valence-corrected chi connectivity index (χ2v) is 4.60. The fourth-order valence-electron chi connectivity index (χ4n) is 1.89. The predicted octanol–water partition coefficient (Wildman–Crippen LogP) is 3.28. The van der Waals surface area contributed by atoms with Crippen molar-refractivity contribution in [1.29, 1.82) is 0 Å². The van der Waals surface area contributed by atoms with Gasteiger partial charge in [0.25, 0.3) is 0 Å². The van der Waals surface area contributed by atoms with E-state index in [-0.39, 0.29) is 5.91 Å². The van der Waals surface area contributed by atoms with Crippen LogP contribution in [0.4, 0.5) is 5.82 Å². The molecule has 0 radical (unpaired) electrons. The quantitative estimate of drug-likeness (QED) is 0.760. The molecule has 0 saturated heterocycles. The maximum atomic E-state index is 11.9. The number of nitrogens with zero attached hydrogens (tertiary/aromatic N) is 1. The zero-order valence-electron chi connectivity index (χ0n) is 12.6. The van der Waals surface area contributed by atoms with Gasteiger partial charge in [0, 0.05) is 12.6 Å². The molecule has 0 aliphatic rings. The lowest BCUT2D eigenvalue weighted by Crippen LogP contribution is -2.14. The predicted molar refractivity (Wildman–Crippen MR) is 85.2 cm³/mol. The van der Waals surface area contributed by atoms with Gasteiger partial charge in [0.15, 0.2) is 11.6 Å². The van der Waals surface area contributed by atoms with Gasteiger partial charge in [-0.2, -0.15) is 0 Å². The van der Waals surface area contributed by atoms with E-state index in [1.165, 1.54) is 0 Å². The lowest BCUT2D eigenvalue weighted by atomic mass is 10.3. The Bertz CT molecular complexity index is 587. The van der Waals surface area contributed by atoms with Gasteiger partial charge in [-0.1, -0.05) is 18.2 Å². The molecule has 5 heteroatoms. The molecule has 1 amide bonds. The molecule has 1 aromatic carbocycles. The average molecular weight is 300 g/mol. The van der Waals surface area contributed by atoms with Gasteiger partial charge in [-0.05, 0) is 37.6 Å². The third-order valence-corrected chi connectivity index (χ3v) is 2.89. The molecule has 116 valence electrons. The molecule has 5 nitrogen and oxygen atoms in total. The summed E-state index contributed by atoms with van der Waals surface area (Å²) >= 11 is 0. The van der Waals surface area contributed by atoms with Crippen molar-refractivity contribution < 1.29 is 14.3 Å². The number of nitrogens with one attached hydrogen (secondary N) is 1. The molecule has 22 heavy (non-hydrogen) atoms. The highest BCUT2D eigenvalue weighted by Gasteiger charge is 2.08. The van der Waals surface area contributed by atoms with E-state index in [0.717, 1.165) is 5.75 Å². The Morgan fingerprint density at radius 3 is 2.73 bits per heavy atom. The van der Waals surface area contributed by atoms with E-state index in [1.807, 2.05) is 37.3 Å². The molecule has 0 spiro atoms. The summed E-state index contributed by atoms with van der Waals surface area (Å²) < 4.78 is 11.0. The number of hydrogen-bond acceptors (Lipinski definition) is 4. The standard InChI is InChI=1S/C17H20N2O3/c1-2-21-15-10-6-12-18-17(15)19-16(20)11-7-13-22-14-8-4-3-5-9-14/h3-6,8-10,12H,2,7,11,13H2,1H3,(H,18,19,20). The summed E-state index contributed by atoms with van der Waals surface area (Å²) in [4.78, 5) is 16.0. The first-order valence-corrected chi connectivity index (χ1v) is 7.35. The van der Waals surface area contributed by atoms with Gasteiger partial charge >= 0.3 is 0 Å². The molecule has 1 N–H and O–H groups in total. The molecule has 2 rings (SSSR count). The lowest BCUT2D eigenvalue weighted by molar-refractivity contribution is -0.116. The number of anilines is 1. The second-order valence-electron chi connectivity index (χ2n) is 4.60. The SMILES string of the molecule is CCOc1cccnc1NC(=O)CCCOc1ccccc1. The fraction of sp³-hybridized carbons (Fsp3) is 0.294. The molecule has 1 aromatic heterocycles. The van der Waals surface area contributed by atoms with Crippen LogP contribution in [0.1, 0.15) is 19.8 Å². The number of aromatic nitrogens is 1. The van der Waals surface area contributed by atoms with E-state index in [0.29, 0.717) is 37.6 Å². The van der Waals surface area contributed by atoms with E-state index in [1.54, 1.807) is 18.3 Å². The summed E-state index contributed by atoms with van der Waals surface area (Å²) in [5.41, 5.74) is 0. The summed E-state index contributed by atoms with van der Waals surface area (Å²) in [6.45, 7) is 2.91. The van der Waals surface area contributed by atoms with Crippen molar-refractivity contribution in [3.8, 4) is 11.5 Å². The first-order chi connectivity index (χ1) is 10.8. The minimum Gasteiger partial charge on any atom is -0.494 e. The first-order valence-electron chi connectivity index (χ1n) is 7.35. The van der Waals surface area contributed by atoms with Crippen LogP contribution in [0.15, 0.2) is 48.7 Å². The van der Waals surface area contributed by atoms with Crippen LogP contribution in [0.25, 0.3) is 0 Å². The normalized spacial score (nSPS) is 10.0. The Morgan fingerprint density at radius 1 is 1.14 bits per heavy atom. The molecule has 0 aliphatic heterocycles. The lowest BCUT2D eigenvalue weighted by Gasteiger charge is -2.10. The number of carbonyl (C=O) groups is 1. The van der Waals surface area contributed by atoms with Gasteiger partial charge in [-0.15, -0.1) is 0 Å². The third-order valence-electron chi connectivity index (χ3n) is 2.89. The smallest absolute Gasteiger partial charge is 0.225 e. The molecule has 1 heterocycles. The molecule has 0 atom stereocenters. The maximum Gasteiger partial charge on any atom is 0.225 e. The Balaban J connectivity index is 1.74. The van der Waals surface area contributed by atoms with Crippen molar-refractivity contribution in [2.24, 2.45) is 0 Å². The van der Waals surface area contributed by atoms with Crippen LogP contribution in [-0.4, -0.2) is 24.1 Å². The minimum absolute atomic E-state index is 0.101. The van der Waals surface area contributed by atoms with E-state index in [4.69, 9.17) is 9.47 Å². The maximum absolute atomic E-state index is 11.9. The van der Waals surface area contributed by atoms with E-state index >= 15 is 0 Å². The molecule has 0 saturated carbocycles. The molecule has 2 aromatic rings. The van der Waals surface area contributed by atoms with Gasteiger partial charge in [0.2, 0.25) is 5.91 Å². The van der Waals surface area contributed by atoms with E-state index in [2.05, 4.69) is 10.3 Å². The molecular weight excluding hydrogens is 280 g/mol. The van der Waals surface area contributed by atoms with Crippen LogP contribution >= 0.6 is 0 Å². The van der Waals surface area contributed by atoms with Crippen molar-refractivity contribution in [3.05, 3.63) is 48.7 Å². The van der Waals surface area contributed by atoms with Gasteiger partial charge in [0.05, 0.1) is 13.2 Å². The average Bonchev–Trinajstić information content (AvgIpc) is 2.55. The zero-order chi connectivity index (χ0) is 15.6. The fourth-order valence-corrected chi connectivity index (χ4v) is 1.89. The van der Waals surface area contributed by atoms with E-state index in [9.17, 15) is 4.79 Å². The largest absolute Gasteiger partial charge is 0.494 e. The van der Waals surface area contributed by atoms with Crippen LogP contribution < -0.4 is 14.8 Å². The Morgan fingerprint density at radius 2 is 1.95 bits per heavy atom. The van der Waals surface area contributed by atoms with Crippen LogP contribution in [0.5, 0.6) is 11.5 Å². The first kappa shape index (κ1) is 15.8. The van der Waals surface area contributed by atoms with Gasteiger partial charge in [0.1, 0.15) is 5.75 Å². The Kier molecular flexibility index (Phi) is 6.23. The zero-order valence-corrected chi connectivity index (χ0v) is 12.6. The number of para-hydroxylation sites is 1. The number of ether oxygens (including phenoxy) is 2. The summed E-state index contributed by atoms with van der Waals surface area (Å²) in [6, 6.07) is 13.1. The number of carbonyl (C=O) groups excluding carboxylic acids is 1. The monoisotopic (exact) mass is 300 g/mol. The van der Waals surface area contributed by atoms with Crippen LogP contribution in [-0.2, 0) is 4.79 Å². The van der Waals surface area contributed by atoms with E-state index < -0.39 is 0 Å². The molecule has 0 aliphatic carbocycles. The van der Waals surface area contributed by atoms with Crippen LogP contribution in [0.2, 0.25) is 0 Å². The highest BCUT2D eigenvalue weighted by atomic mass is 16.5. The van der Waals surface area contributed by atoms with Gasteiger partial charge < -0.3 is 14.8 Å². The van der Waals surface area contributed by atoms with Gasteiger partial charge in [-0.3, -0.25) is 4.79 Å². The van der Waals surface area contributed by atoms with Crippen molar-refractivity contribution in [2.75, 3.05) is 18.5 Å². The highest BCUT2D eigenvalue weighted by Crippen LogP contribution is 2.20. The second kappa shape index (κ2) is 8.67. The highest BCUT2D eigenvalue weighted by molar-refractivity contribution is 5.91. The number of amides is 1. The Labute approximate surface area is 130 Å². The summed E-state index contributed by atoms with van der Waals surface area (Å²) in [5, 5.41) is 2.76. The van der Waals surface area contributed by atoms with Crippen molar-refractivity contribution in [3.63, 3.8) is 0 Å². The number of hydrogen-bond donors (Lipinski definition) is 1. The van der Waals surface area contributed by atoms with Crippen molar-refractivity contribution >= 4 is 11.7 Å². The Hall–Kier alpha value is -2.56. The minimum atomic E-state index is -0.101. The number of benzene rings is 1. The topological polar surface area (TPSA) is 60.5 Å². The van der Waals surface area contributed by atoms with Gasteiger partial charge in [-0.25, -0.2) is 4.98 Å². The third kappa shape index (κ3) is 5.09. The molecular formula is C17H20N2O3. The molecule has 0 bridgehead atoms. The number of pyridine rings is 1. The molecule has 0 fully saturated rings. The van der Waals surface area contributed by atoms with Crippen molar-refractivity contribution in [1.82, 2.24) is 4.98 Å².